The van der Waals surface area contributed by atoms with Crippen molar-refractivity contribution < 1.29 is 4.92 Å². The summed E-state index contributed by atoms with van der Waals surface area (Å²) >= 11 is 0. The minimum atomic E-state index is -0.411. The molecule has 0 saturated carbocycles. The van der Waals surface area contributed by atoms with E-state index in [1.807, 2.05) is 60.7 Å². The number of nitrogens with zero attached hydrogens (tertiary/aromatic N) is 3. The van der Waals surface area contributed by atoms with Crippen molar-refractivity contribution in [1.82, 2.24) is 0 Å². The van der Waals surface area contributed by atoms with Crippen LogP contribution in [0, 0.1) is 10.1 Å². The summed E-state index contributed by atoms with van der Waals surface area (Å²) in [4.78, 5) is 19.5. The molecule has 0 spiro atoms. The number of rotatable bonds is 5. The Labute approximate surface area is 145 Å². The lowest BCUT2D eigenvalue weighted by Gasteiger charge is -2.00. The van der Waals surface area contributed by atoms with Crippen molar-refractivity contribution in [3.05, 3.63) is 100 Å². The summed E-state index contributed by atoms with van der Waals surface area (Å²) < 4.78 is 0. The molecule has 0 bridgehead atoms. The molecule has 5 heteroatoms. The third kappa shape index (κ3) is 4.45. The van der Waals surface area contributed by atoms with Gasteiger partial charge in [-0.25, -0.2) is 0 Å². The Kier molecular flexibility index (Phi) is 5.07. The third-order valence-corrected chi connectivity index (χ3v) is 3.48. The molecule has 5 nitrogen and oxygen atoms in total. The average molecular weight is 329 g/mol. The number of nitro benzene ring substituents is 1. The van der Waals surface area contributed by atoms with Gasteiger partial charge in [0, 0.05) is 18.5 Å². The Morgan fingerprint density at radius 3 is 1.88 bits per heavy atom. The monoisotopic (exact) mass is 329 g/mol. The number of nitro groups is 1. The standard InChI is InChI=1S/C20H15N3O2/c24-23(25)20-13-16(14-21-18-7-3-1-4-8-18)11-12-17(20)15-22-19-9-5-2-6-10-19/h1-15H. The second kappa shape index (κ2) is 7.79. The van der Waals surface area contributed by atoms with Crippen molar-refractivity contribution in [3.8, 4) is 0 Å². The van der Waals surface area contributed by atoms with Gasteiger partial charge in [0.1, 0.15) is 0 Å². The first kappa shape index (κ1) is 16.3. The van der Waals surface area contributed by atoms with Gasteiger partial charge in [0.25, 0.3) is 5.69 Å². The summed E-state index contributed by atoms with van der Waals surface area (Å²) in [5, 5.41) is 11.4. The topological polar surface area (TPSA) is 67.9 Å². The molecule has 25 heavy (non-hydrogen) atoms. The molecule has 0 radical (unpaired) electrons. The molecule has 0 amide bonds. The first-order chi connectivity index (χ1) is 12.2. The lowest BCUT2D eigenvalue weighted by Crippen LogP contribution is -1.96. The maximum atomic E-state index is 11.4. The van der Waals surface area contributed by atoms with Crippen LogP contribution >= 0.6 is 0 Å². The second-order valence-corrected chi connectivity index (χ2v) is 5.26. The molecule has 0 aromatic heterocycles. The molecule has 0 atom stereocenters. The van der Waals surface area contributed by atoms with E-state index in [2.05, 4.69) is 9.98 Å². The summed E-state index contributed by atoms with van der Waals surface area (Å²) in [5.74, 6) is 0. The van der Waals surface area contributed by atoms with Crippen LogP contribution in [0.3, 0.4) is 0 Å². The molecule has 0 N–H and O–H groups in total. The van der Waals surface area contributed by atoms with Crippen LogP contribution in [-0.2, 0) is 0 Å². The lowest BCUT2D eigenvalue weighted by molar-refractivity contribution is -0.385. The molecule has 3 aromatic carbocycles. The van der Waals surface area contributed by atoms with Gasteiger partial charge in [-0.05, 0) is 35.9 Å². The van der Waals surface area contributed by atoms with E-state index in [9.17, 15) is 10.1 Å². The Hall–Kier alpha value is -3.60. The predicted molar refractivity (Wildman–Crippen MR) is 100 cm³/mol. The summed E-state index contributed by atoms with van der Waals surface area (Å²) in [6.45, 7) is 0. The summed E-state index contributed by atoms with van der Waals surface area (Å²) in [7, 11) is 0. The molecule has 0 aliphatic heterocycles. The van der Waals surface area contributed by atoms with Crippen molar-refractivity contribution in [2.75, 3.05) is 0 Å². The van der Waals surface area contributed by atoms with Gasteiger partial charge in [0.2, 0.25) is 0 Å². The van der Waals surface area contributed by atoms with Gasteiger partial charge in [-0.2, -0.15) is 0 Å². The van der Waals surface area contributed by atoms with Gasteiger partial charge >= 0.3 is 0 Å². The van der Waals surface area contributed by atoms with Gasteiger partial charge in [0.05, 0.1) is 21.9 Å². The van der Waals surface area contributed by atoms with E-state index < -0.39 is 4.92 Å². The Bertz CT molecular complexity index is 920. The molecule has 3 aromatic rings. The highest BCUT2D eigenvalue weighted by Gasteiger charge is 2.12. The van der Waals surface area contributed by atoms with E-state index in [-0.39, 0.29) is 5.69 Å². The molecule has 0 aliphatic rings. The highest BCUT2D eigenvalue weighted by atomic mass is 16.6. The van der Waals surface area contributed by atoms with Crippen LogP contribution in [0.1, 0.15) is 11.1 Å². The predicted octanol–water partition coefficient (Wildman–Crippen LogP) is 5.10. The zero-order chi connectivity index (χ0) is 17.5. The zero-order valence-electron chi connectivity index (χ0n) is 13.3. The number of hydrogen-bond acceptors (Lipinski definition) is 4. The molecule has 0 fully saturated rings. The Balaban J connectivity index is 1.87. The van der Waals surface area contributed by atoms with Gasteiger partial charge < -0.3 is 0 Å². The van der Waals surface area contributed by atoms with Crippen LogP contribution in [0.25, 0.3) is 0 Å². The molecule has 122 valence electrons. The van der Waals surface area contributed by atoms with Crippen LogP contribution < -0.4 is 0 Å². The van der Waals surface area contributed by atoms with Crippen molar-refractivity contribution in [2.45, 2.75) is 0 Å². The number of aliphatic imine (C=N–C) groups is 2. The SMILES string of the molecule is O=[N+]([O-])c1cc(C=Nc2ccccc2)ccc1C=Nc1ccccc1. The molecule has 0 aliphatic carbocycles. The number of para-hydroxylation sites is 2. The summed E-state index contributed by atoms with van der Waals surface area (Å²) in [5.41, 5.74) is 2.64. The van der Waals surface area contributed by atoms with Gasteiger partial charge in [-0.3, -0.25) is 20.1 Å². The van der Waals surface area contributed by atoms with Crippen molar-refractivity contribution in [2.24, 2.45) is 9.98 Å². The third-order valence-electron chi connectivity index (χ3n) is 3.48. The fraction of sp³-hybridized carbons (Fsp3) is 0. The van der Waals surface area contributed by atoms with Gasteiger partial charge in [-0.1, -0.05) is 42.5 Å². The van der Waals surface area contributed by atoms with Crippen LogP contribution in [0.2, 0.25) is 0 Å². The van der Waals surface area contributed by atoms with Crippen LogP contribution in [0.4, 0.5) is 17.1 Å². The molecule has 0 saturated heterocycles. The molecular formula is C20H15N3O2. The quantitative estimate of drug-likeness (QED) is 0.371. The van der Waals surface area contributed by atoms with Crippen LogP contribution in [0.5, 0.6) is 0 Å². The van der Waals surface area contributed by atoms with Gasteiger partial charge in [0.15, 0.2) is 0 Å². The number of hydrogen-bond donors (Lipinski definition) is 0. The van der Waals surface area contributed by atoms with Crippen LogP contribution in [0.15, 0.2) is 88.8 Å². The lowest BCUT2D eigenvalue weighted by atomic mass is 10.1. The Morgan fingerprint density at radius 2 is 1.32 bits per heavy atom. The normalized spacial score (nSPS) is 11.2. The van der Waals surface area contributed by atoms with E-state index in [1.165, 1.54) is 12.3 Å². The average Bonchev–Trinajstić information content (AvgIpc) is 2.66. The maximum Gasteiger partial charge on any atom is 0.278 e. The van der Waals surface area contributed by atoms with E-state index in [0.717, 1.165) is 11.4 Å². The number of benzene rings is 3. The smallest absolute Gasteiger partial charge is 0.258 e. The summed E-state index contributed by atoms with van der Waals surface area (Å²) in [6, 6.07) is 23.7. The van der Waals surface area contributed by atoms with E-state index in [4.69, 9.17) is 0 Å². The highest BCUT2D eigenvalue weighted by molar-refractivity contribution is 5.90. The van der Waals surface area contributed by atoms with E-state index in [1.54, 1.807) is 18.3 Å². The van der Waals surface area contributed by atoms with E-state index in [0.29, 0.717) is 11.1 Å². The van der Waals surface area contributed by atoms with Gasteiger partial charge in [-0.15, -0.1) is 0 Å². The second-order valence-electron chi connectivity index (χ2n) is 5.26. The minimum Gasteiger partial charge on any atom is -0.258 e. The molecule has 3 rings (SSSR count). The largest absolute Gasteiger partial charge is 0.278 e. The fourth-order valence-corrected chi connectivity index (χ4v) is 2.23. The highest BCUT2D eigenvalue weighted by Crippen LogP contribution is 2.20. The van der Waals surface area contributed by atoms with E-state index >= 15 is 0 Å². The Morgan fingerprint density at radius 1 is 0.760 bits per heavy atom. The first-order valence-electron chi connectivity index (χ1n) is 7.69. The zero-order valence-corrected chi connectivity index (χ0v) is 13.3. The van der Waals surface area contributed by atoms with Crippen molar-refractivity contribution >= 4 is 29.5 Å². The first-order valence-corrected chi connectivity index (χ1v) is 7.69. The molecular weight excluding hydrogens is 314 g/mol. The van der Waals surface area contributed by atoms with Crippen molar-refractivity contribution in [1.29, 1.82) is 0 Å². The van der Waals surface area contributed by atoms with Crippen molar-refractivity contribution in [3.63, 3.8) is 0 Å². The fourth-order valence-electron chi connectivity index (χ4n) is 2.23. The maximum absolute atomic E-state index is 11.4. The van der Waals surface area contributed by atoms with Crippen LogP contribution in [-0.4, -0.2) is 17.4 Å². The molecule has 0 heterocycles. The molecule has 0 unspecified atom stereocenters. The minimum absolute atomic E-state index is 0.00306. The summed E-state index contributed by atoms with van der Waals surface area (Å²) in [6.07, 6.45) is 3.12.